The maximum atomic E-state index is 11.2. The van der Waals surface area contributed by atoms with Crippen molar-refractivity contribution in [3.63, 3.8) is 0 Å². The Hall–Kier alpha value is -2.43. The van der Waals surface area contributed by atoms with Crippen molar-refractivity contribution in [2.24, 2.45) is 5.92 Å². The zero-order valence-electron chi connectivity index (χ0n) is 13.4. The van der Waals surface area contributed by atoms with Crippen LogP contribution in [0.25, 0.3) is 0 Å². The van der Waals surface area contributed by atoms with Gasteiger partial charge < -0.3 is 10.4 Å². The summed E-state index contributed by atoms with van der Waals surface area (Å²) in [7, 11) is 0. The number of aryl methyl sites for hydroxylation is 1. The number of hydrogen-bond donors (Lipinski definition) is 2. The number of nitrogens with one attached hydrogen (secondary N) is 1. The Morgan fingerprint density at radius 3 is 2.57 bits per heavy atom. The highest BCUT2D eigenvalue weighted by atomic mass is 16.4. The highest BCUT2D eigenvalue weighted by molar-refractivity contribution is 5.88. The van der Waals surface area contributed by atoms with Gasteiger partial charge in [0.15, 0.2) is 5.69 Å². The van der Waals surface area contributed by atoms with Gasteiger partial charge in [-0.15, -0.1) is 0 Å². The van der Waals surface area contributed by atoms with E-state index in [1.807, 2.05) is 6.07 Å². The number of hydrogen-bond acceptors (Lipinski definition) is 4. The standard InChI is InChI=1S/C18H21N3O2/c1-11-16(18(22)23)20-12(2)21-17(11)19-10-13-8-15(9-13)14-6-4-3-5-7-14/h3-7,13,15H,8-10H2,1-2H3,(H,22,23)(H,19,20,21)/t13-,15+. The summed E-state index contributed by atoms with van der Waals surface area (Å²) in [6.07, 6.45) is 2.32. The summed E-state index contributed by atoms with van der Waals surface area (Å²) < 4.78 is 0. The summed E-state index contributed by atoms with van der Waals surface area (Å²) in [5.74, 6) is 1.35. The van der Waals surface area contributed by atoms with Crippen molar-refractivity contribution < 1.29 is 9.90 Å². The van der Waals surface area contributed by atoms with Gasteiger partial charge in [0.2, 0.25) is 0 Å². The lowest BCUT2D eigenvalue weighted by molar-refractivity contribution is 0.0689. The van der Waals surface area contributed by atoms with E-state index in [1.54, 1.807) is 13.8 Å². The normalized spacial score (nSPS) is 19.9. The third-order valence-electron chi connectivity index (χ3n) is 4.53. The van der Waals surface area contributed by atoms with Crippen molar-refractivity contribution in [2.45, 2.75) is 32.6 Å². The van der Waals surface area contributed by atoms with Crippen LogP contribution < -0.4 is 5.32 Å². The number of aromatic nitrogens is 2. The first-order valence-corrected chi connectivity index (χ1v) is 7.92. The number of aromatic carboxylic acids is 1. The van der Waals surface area contributed by atoms with E-state index >= 15 is 0 Å². The molecule has 1 heterocycles. The van der Waals surface area contributed by atoms with E-state index in [4.69, 9.17) is 0 Å². The predicted octanol–water partition coefficient (Wildman–Crippen LogP) is 3.40. The molecule has 0 amide bonds. The maximum Gasteiger partial charge on any atom is 0.354 e. The van der Waals surface area contributed by atoms with Gasteiger partial charge in [0.05, 0.1) is 0 Å². The fourth-order valence-electron chi connectivity index (χ4n) is 3.15. The second-order valence-electron chi connectivity index (χ2n) is 6.22. The lowest BCUT2D eigenvalue weighted by atomic mass is 9.71. The van der Waals surface area contributed by atoms with Gasteiger partial charge in [-0.25, -0.2) is 14.8 Å². The van der Waals surface area contributed by atoms with E-state index in [9.17, 15) is 9.90 Å². The lowest BCUT2D eigenvalue weighted by Gasteiger charge is -2.36. The van der Waals surface area contributed by atoms with Crippen molar-refractivity contribution in [1.82, 2.24) is 9.97 Å². The molecular formula is C18H21N3O2. The number of nitrogens with zero attached hydrogens (tertiary/aromatic N) is 2. The number of anilines is 1. The molecule has 0 atom stereocenters. The molecule has 0 bridgehead atoms. The summed E-state index contributed by atoms with van der Waals surface area (Å²) in [5.41, 5.74) is 2.09. The third kappa shape index (κ3) is 3.33. The molecule has 1 aliphatic carbocycles. The molecular weight excluding hydrogens is 290 g/mol. The maximum absolute atomic E-state index is 11.2. The number of carboxylic acid groups (broad SMARTS) is 1. The van der Waals surface area contributed by atoms with Crippen LogP contribution in [-0.4, -0.2) is 27.6 Å². The summed E-state index contributed by atoms with van der Waals surface area (Å²) in [6.45, 7) is 4.28. The van der Waals surface area contributed by atoms with Crippen LogP contribution in [0.1, 0.15) is 46.2 Å². The molecule has 2 N–H and O–H groups in total. The smallest absolute Gasteiger partial charge is 0.354 e. The highest BCUT2D eigenvalue weighted by Gasteiger charge is 2.30. The topological polar surface area (TPSA) is 75.1 Å². The molecule has 5 heteroatoms. The van der Waals surface area contributed by atoms with Crippen molar-refractivity contribution in [1.29, 1.82) is 0 Å². The van der Waals surface area contributed by atoms with Crippen molar-refractivity contribution in [3.05, 3.63) is 53.0 Å². The molecule has 0 radical (unpaired) electrons. The number of rotatable bonds is 5. The Morgan fingerprint density at radius 1 is 1.22 bits per heavy atom. The van der Waals surface area contributed by atoms with E-state index in [0.29, 0.717) is 29.0 Å². The third-order valence-corrected chi connectivity index (χ3v) is 4.53. The monoisotopic (exact) mass is 311 g/mol. The molecule has 1 fully saturated rings. The molecule has 0 spiro atoms. The lowest BCUT2D eigenvalue weighted by Crippen LogP contribution is -2.28. The average Bonchev–Trinajstić information content (AvgIpc) is 2.49. The minimum Gasteiger partial charge on any atom is -0.476 e. The van der Waals surface area contributed by atoms with Crippen molar-refractivity contribution in [3.8, 4) is 0 Å². The molecule has 1 aliphatic rings. The second-order valence-corrected chi connectivity index (χ2v) is 6.22. The average molecular weight is 311 g/mol. The van der Waals surface area contributed by atoms with Crippen LogP contribution in [0.5, 0.6) is 0 Å². The van der Waals surface area contributed by atoms with Crippen LogP contribution in [0.2, 0.25) is 0 Å². The molecule has 2 aromatic rings. The van der Waals surface area contributed by atoms with Crippen LogP contribution >= 0.6 is 0 Å². The molecule has 0 saturated heterocycles. The second kappa shape index (κ2) is 6.36. The predicted molar refractivity (Wildman–Crippen MR) is 88.9 cm³/mol. The van der Waals surface area contributed by atoms with Gasteiger partial charge in [-0.1, -0.05) is 30.3 Å². The van der Waals surface area contributed by atoms with Gasteiger partial charge in [0.25, 0.3) is 0 Å². The Bertz CT molecular complexity index is 710. The first-order valence-electron chi connectivity index (χ1n) is 7.92. The van der Waals surface area contributed by atoms with Crippen LogP contribution in [0.4, 0.5) is 5.82 Å². The van der Waals surface area contributed by atoms with E-state index in [-0.39, 0.29) is 5.69 Å². The Morgan fingerprint density at radius 2 is 1.91 bits per heavy atom. The molecule has 3 rings (SSSR count). The fourth-order valence-corrected chi connectivity index (χ4v) is 3.15. The van der Waals surface area contributed by atoms with Crippen LogP contribution in [0, 0.1) is 19.8 Å². The first-order chi connectivity index (χ1) is 11.0. The van der Waals surface area contributed by atoms with Gasteiger partial charge in [-0.2, -0.15) is 0 Å². The van der Waals surface area contributed by atoms with E-state index in [0.717, 1.165) is 19.4 Å². The molecule has 0 aliphatic heterocycles. The molecule has 1 aromatic heterocycles. The molecule has 1 saturated carbocycles. The van der Waals surface area contributed by atoms with Gasteiger partial charge in [-0.05, 0) is 44.1 Å². The summed E-state index contributed by atoms with van der Waals surface area (Å²) in [5, 5.41) is 12.5. The SMILES string of the molecule is Cc1nc(NC[C@H]2C[C@@H](c3ccccc3)C2)c(C)c(C(=O)O)n1. The minimum atomic E-state index is -1.01. The molecule has 1 aromatic carbocycles. The number of carbonyl (C=O) groups is 1. The first kappa shape index (κ1) is 15.5. The minimum absolute atomic E-state index is 0.0794. The van der Waals surface area contributed by atoms with Gasteiger partial charge in [0.1, 0.15) is 11.6 Å². The molecule has 0 unspecified atom stereocenters. The van der Waals surface area contributed by atoms with Crippen molar-refractivity contribution in [2.75, 3.05) is 11.9 Å². The highest BCUT2D eigenvalue weighted by Crippen LogP contribution is 2.41. The summed E-state index contributed by atoms with van der Waals surface area (Å²) in [6, 6.07) is 10.6. The largest absolute Gasteiger partial charge is 0.476 e. The quantitative estimate of drug-likeness (QED) is 0.885. The Balaban J connectivity index is 1.59. The Labute approximate surface area is 135 Å². The van der Waals surface area contributed by atoms with E-state index in [1.165, 1.54) is 5.56 Å². The zero-order chi connectivity index (χ0) is 16.4. The number of carboxylic acids is 1. The number of benzene rings is 1. The molecule has 5 nitrogen and oxygen atoms in total. The molecule has 120 valence electrons. The fraction of sp³-hybridized carbons (Fsp3) is 0.389. The van der Waals surface area contributed by atoms with E-state index in [2.05, 4.69) is 39.6 Å². The molecule has 23 heavy (non-hydrogen) atoms. The van der Waals surface area contributed by atoms with Crippen molar-refractivity contribution >= 4 is 11.8 Å². The summed E-state index contributed by atoms with van der Waals surface area (Å²) >= 11 is 0. The van der Waals surface area contributed by atoms with Crippen LogP contribution in [-0.2, 0) is 0 Å². The summed E-state index contributed by atoms with van der Waals surface area (Å²) in [4.78, 5) is 19.5. The van der Waals surface area contributed by atoms with Gasteiger partial charge in [0, 0.05) is 12.1 Å². The van der Waals surface area contributed by atoms with Gasteiger partial charge >= 0.3 is 5.97 Å². The Kier molecular flexibility index (Phi) is 4.28. The van der Waals surface area contributed by atoms with Crippen LogP contribution in [0.15, 0.2) is 30.3 Å². The van der Waals surface area contributed by atoms with Crippen LogP contribution in [0.3, 0.4) is 0 Å². The van der Waals surface area contributed by atoms with E-state index < -0.39 is 5.97 Å². The zero-order valence-corrected chi connectivity index (χ0v) is 13.4. The van der Waals surface area contributed by atoms with Gasteiger partial charge in [-0.3, -0.25) is 0 Å².